The second-order valence-electron chi connectivity index (χ2n) is 18.0. The molecule has 7 rings (SSSR count). The van der Waals surface area contributed by atoms with E-state index in [1.54, 1.807) is 36.4 Å². The zero-order chi connectivity index (χ0) is 47.6. The van der Waals surface area contributed by atoms with Crippen LogP contribution >= 0.6 is 0 Å². The summed E-state index contributed by atoms with van der Waals surface area (Å²) in [6.07, 6.45) is 11.1. The summed E-state index contributed by atoms with van der Waals surface area (Å²) in [6, 6.07) is 30.3. The third-order valence-electron chi connectivity index (χ3n) is 12.8. The van der Waals surface area contributed by atoms with Crippen molar-refractivity contribution in [2.24, 2.45) is 0 Å². The van der Waals surface area contributed by atoms with Crippen LogP contribution in [-0.4, -0.2) is 83.0 Å². The number of anilines is 3. The highest BCUT2D eigenvalue weighted by molar-refractivity contribution is 7.86. The molecular weight excluding hydrogens is 879 g/mol. The molecule has 66 heavy (non-hydrogen) atoms. The minimum Gasteiger partial charge on any atom is -0.478 e. The van der Waals surface area contributed by atoms with Crippen LogP contribution in [0.3, 0.4) is 0 Å². The Balaban J connectivity index is 1.38. The Labute approximate surface area is 386 Å². The number of benzene rings is 4. The first kappa shape index (κ1) is 47.8. The van der Waals surface area contributed by atoms with Crippen LogP contribution in [0.2, 0.25) is 0 Å². The molecular formula is C51H56N3O10S2+. The van der Waals surface area contributed by atoms with Crippen molar-refractivity contribution in [1.82, 2.24) is 0 Å². The van der Waals surface area contributed by atoms with Gasteiger partial charge in [-0.1, -0.05) is 62.4 Å². The van der Waals surface area contributed by atoms with Gasteiger partial charge < -0.3 is 20.0 Å². The molecule has 0 amide bonds. The van der Waals surface area contributed by atoms with Crippen molar-refractivity contribution in [2.45, 2.75) is 77.0 Å². The fraction of sp³-hybridized carbons (Fsp3) is 0.314. The Hall–Kier alpha value is -6.13. The molecule has 15 heteroatoms. The highest BCUT2D eigenvalue weighted by atomic mass is 32.2. The van der Waals surface area contributed by atoms with Gasteiger partial charge in [0.05, 0.1) is 33.7 Å². The number of carbonyl (C=O) groups is 2. The Morgan fingerprint density at radius 2 is 1.24 bits per heavy atom. The zero-order valence-corrected chi connectivity index (χ0v) is 39.1. The highest BCUT2D eigenvalue weighted by Crippen LogP contribution is 2.49. The van der Waals surface area contributed by atoms with Crippen LogP contribution in [0.15, 0.2) is 144 Å². The first-order valence-corrected chi connectivity index (χ1v) is 25.2. The van der Waals surface area contributed by atoms with Gasteiger partial charge in [0.25, 0.3) is 20.2 Å². The van der Waals surface area contributed by atoms with Gasteiger partial charge in [0.1, 0.15) is 6.54 Å². The summed E-state index contributed by atoms with van der Waals surface area (Å²) >= 11 is 0. The van der Waals surface area contributed by atoms with Crippen LogP contribution in [0.25, 0.3) is 0 Å². The maximum atomic E-state index is 12.1. The van der Waals surface area contributed by atoms with E-state index >= 15 is 0 Å². The summed E-state index contributed by atoms with van der Waals surface area (Å²) < 4.78 is 67.4. The summed E-state index contributed by atoms with van der Waals surface area (Å²) in [4.78, 5) is 28.6. The number of rotatable bonds is 18. The van der Waals surface area contributed by atoms with E-state index in [-0.39, 0.29) is 35.5 Å². The Bertz CT molecular complexity index is 2890. The highest BCUT2D eigenvalue weighted by Gasteiger charge is 2.45. The van der Waals surface area contributed by atoms with E-state index in [4.69, 9.17) is 0 Å². The third-order valence-corrected chi connectivity index (χ3v) is 14.4. The molecule has 0 aromatic heterocycles. The summed E-state index contributed by atoms with van der Waals surface area (Å²) in [7, 11) is -8.29. The van der Waals surface area contributed by atoms with Crippen molar-refractivity contribution in [3.05, 3.63) is 166 Å². The van der Waals surface area contributed by atoms with Gasteiger partial charge in [0.2, 0.25) is 5.69 Å². The lowest BCUT2D eigenvalue weighted by atomic mass is 9.80. The maximum Gasteiger partial charge on any atom is 0.335 e. The number of carboxylic acids is 2. The van der Waals surface area contributed by atoms with E-state index in [0.29, 0.717) is 38.8 Å². The lowest BCUT2D eigenvalue weighted by Crippen LogP contribution is -2.28. The number of unbranched alkanes of at least 4 members (excludes halogenated alkanes) is 2. The molecule has 13 nitrogen and oxygen atoms in total. The number of aromatic carboxylic acids is 2. The van der Waals surface area contributed by atoms with Gasteiger partial charge in [-0.15, -0.1) is 0 Å². The van der Waals surface area contributed by atoms with Crippen molar-refractivity contribution in [3.63, 3.8) is 0 Å². The van der Waals surface area contributed by atoms with Gasteiger partial charge in [0.15, 0.2) is 5.71 Å². The van der Waals surface area contributed by atoms with Gasteiger partial charge >= 0.3 is 11.9 Å². The number of hydrogen-bond acceptors (Lipinski definition) is 8. The molecule has 0 saturated carbocycles. The summed E-state index contributed by atoms with van der Waals surface area (Å²) in [5.41, 5.74) is 9.07. The first-order valence-electron chi connectivity index (χ1n) is 22.0. The minimum absolute atomic E-state index is 0.164. The largest absolute Gasteiger partial charge is 0.478 e. The number of carboxylic acid groups (broad SMARTS) is 2. The smallest absolute Gasteiger partial charge is 0.335 e. The van der Waals surface area contributed by atoms with Crippen LogP contribution in [0.4, 0.5) is 22.7 Å². The molecule has 1 aliphatic carbocycles. The van der Waals surface area contributed by atoms with Crippen molar-refractivity contribution in [1.29, 1.82) is 0 Å². The van der Waals surface area contributed by atoms with E-state index in [1.807, 2.05) is 64.1 Å². The van der Waals surface area contributed by atoms with Crippen LogP contribution in [-0.2, 0) is 31.1 Å². The van der Waals surface area contributed by atoms with Gasteiger partial charge in [0, 0.05) is 58.8 Å². The molecule has 2 heterocycles. The number of fused-ring (bicyclic) bond motifs is 2. The average Bonchev–Trinajstić information content (AvgIpc) is 3.82. The van der Waals surface area contributed by atoms with Crippen LogP contribution < -0.4 is 9.80 Å². The molecule has 4 N–H and O–H groups in total. The molecule has 2 aliphatic heterocycles. The van der Waals surface area contributed by atoms with E-state index in [2.05, 4.69) is 62.9 Å². The molecule has 4 aromatic rings. The maximum absolute atomic E-state index is 12.1. The lowest BCUT2D eigenvalue weighted by molar-refractivity contribution is -0.438. The molecule has 0 atom stereocenters. The van der Waals surface area contributed by atoms with Gasteiger partial charge in [-0.3, -0.25) is 9.11 Å². The van der Waals surface area contributed by atoms with Crippen molar-refractivity contribution in [3.8, 4) is 0 Å². The van der Waals surface area contributed by atoms with E-state index < -0.39 is 43.0 Å². The number of para-hydroxylation sites is 2. The lowest BCUT2D eigenvalue weighted by Gasteiger charge is -2.29. The minimum atomic E-state index is -4.14. The monoisotopic (exact) mass is 934 g/mol. The van der Waals surface area contributed by atoms with Crippen LogP contribution in [0, 0.1) is 0 Å². The van der Waals surface area contributed by atoms with E-state index in [1.165, 1.54) is 0 Å². The predicted octanol–water partition coefficient (Wildman–Crippen LogP) is 9.85. The first-order chi connectivity index (χ1) is 31.2. The van der Waals surface area contributed by atoms with E-state index in [9.17, 15) is 45.7 Å². The molecule has 4 aromatic carbocycles. The van der Waals surface area contributed by atoms with Crippen molar-refractivity contribution >= 4 is 60.6 Å². The SMILES string of the molecule is CC1(C)C(/C=C/C2=C(N(c3ccccc3)c3ccccc3)C(=C/C=C3/N(CCCCS(=O)(=O)O)c4ccc(C(=O)O)cc4C3(C)C)/CC2)=[N+](CCCCS(=O)(=O)O)c2ccc(C(=O)O)cc21. The number of hydrogen-bond donors (Lipinski definition) is 4. The molecule has 0 unspecified atom stereocenters. The van der Waals surface area contributed by atoms with Gasteiger partial charge in [-0.2, -0.15) is 21.4 Å². The Kier molecular flexibility index (Phi) is 13.8. The van der Waals surface area contributed by atoms with Crippen molar-refractivity contribution < 1.29 is 50.3 Å². The third kappa shape index (κ3) is 10.3. The fourth-order valence-corrected chi connectivity index (χ4v) is 10.6. The molecule has 0 fully saturated rings. The van der Waals surface area contributed by atoms with Gasteiger partial charge in [-0.25, -0.2) is 9.59 Å². The molecule has 0 spiro atoms. The topological polar surface area (TPSA) is 193 Å². The molecule has 0 saturated heterocycles. The van der Waals surface area contributed by atoms with Crippen molar-refractivity contribution in [2.75, 3.05) is 34.4 Å². The second-order valence-corrected chi connectivity index (χ2v) is 21.1. The predicted molar refractivity (Wildman–Crippen MR) is 258 cm³/mol. The fourth-order valence-electron chi connectivity index (χ4n) is 9.45. The molecule has 0 radical (unpaired) electrons. The Morgan fingerprint density at radius 3 is 1.82 bits per heavy atom. The number of nitrogens with zero attached hydrogens (tertiary/aromatic N) is 3. The summed E-state index contributed by atoms with van der Waals surface area (Å²) in [6.45, 7) is 9.06. The molecule has 0 bridgehead atoms. The second kappa shape index (κ2) is 19.0. The number of allylic oxidation sites excluding steroid dienone is 7. The van der Waals surface area contributed by atoms with Crippen LogP contribution in [0.5, 0.6) is 0 Å². The molecule has 3 aliphatic rings. The Morgan fingerprint density at radius 1 is 0.682 bits per heavy atom. The molecule has 346 valence electrons. The standard InChI is InChI=1S/C51H55N3O10S2/c1-50(2)41-33-37(48(55)56)21-25-43(41)52(29-11-13-31-65(59,60)61)45(50)27-23-35-19-20-36(47(35)54(39-15-7-5-8-16-39)40-17-9-6-10-18-40)24-28-46-51(3,4)42-34-38(49(57)58)22-26-44(42)53(46)30-12-14-32-66(62,63)64/h5-10,15-18,21-28,33-34H,11-14,19-20,29-32H2,1-4H3,(H3-,55,56,57,58,59,60,61,62,63,64)/p+1. The van der Waals surface area contributed by atoms with E-state index in [0.717, 1.165) is 62.1 Å². The van der Waals surface area contributed by atoms with Gasteiger partial charge in [-0.05, 0) is 123 Å². The summed E-state index contributed by atoms with van der Waals surface area (Å²) in [5.74, 6) is -2.81. The average molecular weight is 935 g/mol. The van der Waals surface area contributed by atoms with Crippen LogP contribution in [0.1, 0.15) is 98.1 Å². The zero-order valence-electron chi connectivity index (χ0n) is 37.5. The quantitative estimate of drug-likeness (QED) is 0.0420. The normalized spacial score (nSPS) is 17.9. The summed E-state index contributed by atoms with van der Waals surface area (Å²) in [5, 5.41) is 19.9.